The molecule has 0 aliphatic rings. The number of nitrogen functional groups attached to an aromatic ring is 1. The summed E-state index contributed by atoms with van der Waals surface area (Å²) in [6, 6.07) is 14.8. The van der Waals surface area contributed by atoms with E-state index in [-0.39, 0.29) is 5.95 Å². The Labute approximate surface area is 127 Å². The summed E-state index contributed by atoms with van der Waals surface area (Å²) in [5.41, 5.74) is 7.01. The molecule has 0 aliphatic carbocycles. The minimum absolute atomic E-state index is 0.177. The largest absolute Gasteiger partial charge is 0.384 e. The number of fused-ring (bicyclic) bond motifs is 1. The molecule has 0 fully saturated rings. The number of nitrogens with one attached hydrogen (secondary N) is 2. The van der Waals surface area contributed by atoms with Crippen LogP contribution >= 0.6 is 0 Å². The lowest BCUT2D eigenvalue weighted by molar-refractivity contribution is 0.262. The first-order valence-corrected chi connectivity index (χ1v) is 6.78. The van der Waals surface area contributed by atoms with Crippen molar-refractivity contribution in [1.82, 2.24) is 9.97 Å². The maximum absolute atomic E-state index is 12.0. The zero-order chi connectivity index (χ0) is 15.5. The third kappa shape index (κ3) is 3.12. The van der Waals surface area contributed by atoms with Crippen LogP contribution in [0.1, 0.15) is 5.69 Å². The van der Waals surface area contributed by atoms with Gasteiger partial charge in [0.25, 0.3) is 0 Å². The molecular formula is C16H15N5O. The monoisotopic (exact) mass is 293 g/mol. The number of nitrogens with zero attached hydrogens (tertiary/aromatic N) is 2. The van der Waals surface area contributed by atoms with Gasteiger partial charge in [0, 0.05) is 17.4 Å². The zero-order valence-corrected chi connectivity index (χ0v) is 12.0. The summed E-state index contributed by atoms with van der Waals surface area (Å²) < 4.78 is 0. The van der Waals surface area contributed by atoms with Gasteiger partial charge in [-0.05, 0) is 29.8 Å². The first-order chi connectivity index (χ1) is 10.6. The van der Waals surface area contributed by atoms with E-state index in [9.17, 15) is 4.79 Å². The maximum Gasteiger partial charge on any atom is 0.326 e. The summed E-state index contributed by atoms with van der Waals surface area (Å²) in [5, 5.41) is 7.48. The van der Waals surface area contributed by atoms with Gasteiger partial charge in [-0.15, -0.1) is 0 Å². The van der Waals surface area contributed by atoms with Crippen LogP contribution in [0, 0.1) is 6.92 Å². The van der Waals surface area contributed by atoms with Crippen LogP contribution in [-0.2, 0) is 0 Å². The van der Waals surface area contributed by atoms with E-state index < -0.39 is 6.03 Å². The Morgan fingerprint density at radius 3 is 2.55 bits per heavy atom. The highest BCUT2D eigenvalue weighted by atomic mass is 16.2. The van der Waals surface area contributed by atoms with Gasteiger partial charge in [-0.2, -0.15) is 4.98 Å². The molecule has 1 aromatic heterocycles. The molecule has 0 radical (unpaired) electrons. The molecule has 0 saturated heterocycles. The average Bonchev–Trinajstić information content (AvgIpc) is 2.45. The van der Waals surface area contributed by atoms with Crippen molar-refractivity contribution in [3.05, 3.63) is 54.2 Å². The van der Waals surface area contributed by atoms with Crippen LogP contribution in [0.15, 0.2) is 48.5 Å². The van der Waals surface area contributed by atoms with E-state index in [1.807, 2.05) is 42.5 Å². The number of rotatable bonds is 2. The third-order valence-electron chi connectivity index (χ3n) is 3.11. The maximum atomic E-state index is 12.0. The fraction of sp³-hybridized carbons (Fsp3) is 0.0625. The Bertz CT molecular complexity index is 827. The number of aryl methyl sites for hydroxylation is 1. The molecule has 0 saturated carbocycles. The quantitative estimate of drug-likeness (QED) is 0.676. The molecule has 110 valence electrons. The molecule has 6 nitrogen and oxygen atoms in total. The van der Waals surface area contributed by atoms with Crippen molar-refractivity contribution in [2.24, 2.45) is 0 Å². The van der Waals surface area contributed by atoms with Gasteiger partial charge in [-0.3, -0.25) is 5.32 Å². The molecule has 2 aromatic carbocycles. The summed E-state index contributed by atoms with van der Waals surface area (Å²) in [6.07, 6.45) is 0. The van der Waals surface area contributed by atoms with E-state index in [0.717, 1.165) is 10.8 Å². The minimum Gasteiger partial charge on any atom is -0.384 e. The highest BCUT2D eigenvalue weighted by Crippen LogP contribution is 2.19. The average molecular weight is 293 g/mol. The van der Waals surface area contributed by atoms with Crippen LogP contribution in [0.5, 0.6) is 0 Å². The Hall–Kier alpha value is -3.15. The third-order valence-corrected chi connectivity index (χ3v) is 3.11. The van der Waals surface area contributed by atoms with E-state index in [1.165, 1.54) is 0 Å². The lowest BCUT2D eigenvalue weighted by Crippen LogP contribution is -2.21. The number of anilines is 3. The molecule has 22 heavy (non-hydrogen) atoms. The summed E-state index contributed by atoms with van der Waals surface area (Å²) in [4.78, 5) is 20.1. The highest BCUT2D eigenvalue weighted by Gasteiger charge is 2.06. The number of amides is 2. The zero-order valence-electron chi connectivity index (χ0n) is 12.0. The first-order valence-electron chi connectivity index (χ1n) is 6.78. The number of urea groups is 1. The molecule has 0 spiro atoms. The number of hydrogen-bond donors (Lipinski definition) is 3. The van der Waals surface area contributed by atoms with Crippen molar-refractivity contribution in [1.29, 1.82) is 0 Å². The minimum atomic E-state index is -0.416. The van der Waals surface area contributed by atoms with E-state index in [0.29, 0.717) is 17.2 Å². The summed E-state index contributed by atoms with van der Waals surface area (Å²) in [5.74, 6) is 0.490. The van der Waals surface area contributed by atoms with Crippen molar-refractivity contribution < 1.29 is 4.79 Å². The van der Waals surface area contributed by atoms with Crippen molar-refractivity contribution in [2.45, 2.75) is 6.92 Å². The molecule has 1 heterocycles. The summed E-state index contributed by atoms with van der Waals surface area (Å²) in [7, 11) is 0. The van der Waals surface area contributed by atoms with Crippen molar-refractivity contribution in [3.8, 4) is 0 Å². The highest BCUT2D eigenvalue weighted by molar-refractivity contribution is 6.00. The Morgan fingerprint density at radius 2 is 1.77 bits per heavy atom. The van der Waals surface area contributed by atoms with Gasteiger partial charge in [0.2, 0.25) is 5.95 Å². The normalized spacial score (nSPS) is 10.4. The molecule has 0 aliphatic heterocycles. The van der Waals surface area contributed by atoms with E-state index in [4.69, 9.17) is 5.73 Å². The van der Waals surface area contributed by atoms with E-state index in [1.54, 1.807) is 13.0 Å². The Morgan fingerprint density at radius 1 is 1.00 bits per heavy atom. The fourth-order valence-electron chi connectivity index (χ4n) is 2.18. The summed E-state index contributed by atoms with van der Waals surface area (Å²) in [6.45, 7) is 1.78. The molecule has 0 bridgehead atoms. The second kappa shape index (κ2) is 5.69. The molecule has 4 N–H and O–H groups in total. The van der Waals surface area contributed by atoms with Gasteiger partial charge in [0.1, 0.15) is 5.82 Å². The van der Waals surface area contributed by atoms with Crippen LogP contribution in [0.25, 0.3) is 10.8 Å². The van der Waals surface area contributed by atoms with Crippen LogP contribution in [-0.4, -0.2) is 16.0 Å². The van der Waals surface area contributed by atoms with E-state index >= 15 is 0 Å². The van der Waals surface area contributed by atoms with Gasteiger partial charge in [0.15, 0.2) is 0 Å². The van der Waals surface area contributed by atoms with Crippen LogP contribution in [0.3, 0.4) is 0 Å². The number of nitrogens with two attached hydrogens (primary N) is 1. The molecular weight excluding hydrogens is 278 g/mol. The molecule has 0 unspecified atom stereocenters. The molecule has 2 amide bonds. The van der Waals surface area contributed by atoms with Crippen molar-refractivity contribution in [3.63, 3.8) is 0 Å². The lowest BCUT2D eigenvalue weighted by Gasteiger charge is -2.08. The second-order valence-electron chi connectivity index (χ2n) is 4.90. The Balaban J connectivity index is 1.75. The first kappa shape index (κ1) is 13.8. The number of carbonyl (C=O) groups excluding carboxylic acids is 1. The molecule has 6 heteroatoms. The van der Waals surface area contributed by atoms with Gasteiger partial charge >= 0.3 is 6.03 Å². The molecule has 3 rings (SSSR count). The van der Waals surface area contributed by atoms with Crippen LogP contribution in [0.4, 0.5) is 22.2 Å². The number of benzene rings is 2. The van der Waals surface area contributed by atoms with Gasteiger partial charge in [-0.1, -0.05) is 30.3 Å². The van der Waals surface area contributed by atoms with Crippen LogP contribution in [0.2, 0.25) is 0 Å². The topological polar surface area (TPSA) is 92.9 Å². The van der Waals surface area contributed by atoms with Gasteiger partial charge < -0.3 is 11.1 Å². The summed E-state index contributed by atoms with van der Waals surface area (Å²) >= 11 is 0. The molecule has 0 atom stereocenters. The number of carbonyl (C=O) groups is 1. The van der Waals surface area contributed by atoms with Gasteiger partial charge in [0.05, 0.1) is 0 Å². The SMILES string of the molecule is Cc1cc(N)nc(NC(=O)Nc2ccc3ccccc3c2)n1. The number of hydrogen-bond acceptors (Lipinski definition) is 4. The predicted octanol–water partition coefficient (Wildman–Crippen LogP) is 3.16. The smallest absolute Gasteiger partial charge is 0.326 e. The van der Waals surface area contributed by atoms with Crippen LogP contribution < -0.4 is 16.4 Å². The Kier molecular flexibility index (Phi) is 3.57. The van der Waals surface area contributed by atoms with Crippen molar-refractivity contribution in [2.75, 3.05) is 16.4 Å². The fourth-order valence-corrected chi connectivity index (χ4v) is 2.18. The van der Waals surface area contributed by atoms with E-state index in [2.05, 4.69) is 20.6 Å². The second-order valence-corrected chi connectivity index (χ2v) is 4.90. The molecule has 3 aromatic rings. The predicted molar refractivity (Wildman–Crippen MR) is 87.8 cm³/mol. The lowest BCUT2D eigenvalue weighted by atomic mass is 10.1. The standard InChI is InChI=1S/C16H15N5O/c1-10-8-14(17)20-15(18-10)21-16(22)19-13-7-6-11-4-2-3-5-12(11)9-13/h2-9H,1H3,(H4,17,18,19,20,21,22). The van der Waals surface area contributed by atoms with Crippen molar-refractivity contribution >= 4 is 34.3 Å². The van der Waals surface area contributed by atoms with Gasteiger partial charge in [-0.25, -0.2) is 9.78 Å². The number of aromatic nitrogens is 2.